The van der Waals surface area contributed by atoms with E-state index >= 15 is 0 Å². The Hall–Kier alpha value is -1.11. The largest absolute Gasteiger partial charge is 0.309 e. The summed E-state index contributed by atoms with van der Waals surface area (Å²) >= 11 is 8.47. The van der Waals surface area contributed by atoms with Crippen LogP contribution in [0.3, 0.4) is 0 Å². The quantitative estimate of drug-likeness (QED) is 0.562. The molecule has 2 N–H and O–H groups in total. The third kappa shape index (κ3) is 2.47. The zero-order valence-electron chi connectivity index (χ0n) is 7.75. The van der Waals surface area contributed by atoms with E-state index in [2.05, 4.69) is 41.4 Å². The minimum absolute atomic E-state index is 0.645. The smallest absolute Gasteiger partial charge is 0.170 e. The molecular formula is C9H10N4S2. The zero-order chi connectivity index (χ0) is 10.7. The molecule has 0 saturated carbocycles. The number of nitrogens with zero attached hydrogens (tertiary/aromatic N) is 2. The van der Waals surface area contributed by atoms with Crippen molar-refractivity contribution in [1.29, 1.82) is 0 Å². The normalized spacial score (nSPS) is 18.7. The topological polar surface area (TPSA) is 39.7 Å². The minimum atomic E-state index is 0.645. The van der Waals surface area contributed by atoms with E-state index < -0.39 is 0 Å². The lowest BCUT2D eigenvalue weighted by Crippen LogP contribution is -2.46. The fourth-order valence-electron chi connectivity index (χ4n) is 1.12. The summed E-state index contributed by atoms with van der Waals surface area (Å²) in [6.45, 7) is 0. The summed E-state index contributed by atoms with van der Waals surface area (Å²) in [5, 5.41) is 0. The van der Waals surface area contributed by atoms with Crippen molar-refractivity contribution in [3.63, 3.8) is 0 Å². The first-order valence-corrected chi connectivity index (χ1v) is 5.15. The second-order valence-corrected chi connectivity index (χ2v) is 3.75. The molecule has 2 rings (SSSR count). The van der Waals surface area contributed by atoms with E-state index in [9.17, 15) is 0 Å². The van der Waals surface area contributed by atoms with Gasteiger partial charge in [0, 0.05) is 6.20 Å². The van der Waals surface area contributed by atoms with Gasteiger partial charge in [-0.25, -0.2) is 9.41 Å². The average Bonchev–Trinajstić information content (AvgIpc) is 2.25. The fourth-order valence-corrected chi connectivity index (χ4v) is 1.62. The minimum Gasteiger partial charge on any atom is -0.309 e. The van der Waals surface area contributed by atoms with Crippen molar-refractivity contribution >= 4 is 37.0 Å². The van der Waals surface area contributed by atoms with Gasteiger partial charge in [0.2, 0.25) is 0 Å². The molecule has 0 amide bonds. The first kappa shape index (κ1) is 10.4. The molecule has 0 fully saturated rings. The molecule has 15 heavy (non-hydrogen) atoms. The molecule has 0 aliphatic carbocycles. The maximum absolute atomic E-state index is 4.40. The van der Waals surface area contributed by atoms with Crippen LogP contribution in [0.2, 0.25) is 0 Å². The molecule has 0 unspecified atom stereocenters. The monoisotopic (exact) mass is 238 g/mol. The molecule has 0 aromatic heterocycles. The SMILES string of the molecule is SC1=CNNN(S)C1=Nc1ccccc1. The van der Waals surface area contributed by atoms with Gasteiger partial charge < -0.3 is 5.43 Å². The summed E-state index contributed by atoms with van der Waals surface area (Å²) in [6.07, 6.45) is 1.71. The number of thiol groups is 2. The lowest BCUT2D eigenvalue weighted by Gasteiger charge is -2.24. The summed E-state index contributed by atoms with van der Waals surface area (Å²) < 4.78 is 1.47. The molecule has 1 aromatic carbocycles. The number of hydrogen-bond acceptors (Lipinski definition) is 5. The maximum atomic E-state index is 4.40. The van der Waals surface area contributed by atoms with Gasteiger partial charge >= 0.3 is 0 Å². The number of aliphatic imine (C=N–C) groups is 1. The third-order valence-electron chi connectivity index (χ3n) is 1.80. The van der Waals surface area contributed by atoms with Crippen LogP contribution >= 0.6 is 25.4 Å². The van der Waals surface area contributed by atoms with Crippen LogP contribution in [0.5, 0.6) is 0 Å². The van der Waals surface area contributed by atoms with Crippen LogP contribution in [0.4, 0.5) is 5.69 Å². The number of amidine groups is 1. The van der Waals surface area contributed by atoms with Gasteiger partial charge in [-0.05, 0) is 24.9 Å². The molecular weight excluding hydrogens is 228 g/mol. The Balaban J connectivity index is 2.33. The average molecular weight is 238 g/mol. The molecule has 1 heterocycles. The van der Waals surface area contributed by atoms with Gasteiger partial charge in [0.25, 0.3) is 0 Å². The standard InChI is InChI=1S/C9H10N4S2/c14-8-6-10-12-13(15)9(8)11-7-4-2-1-3-5-7/h1-6,10,12,14-15H. The van der Waals surface area contributed by atoms with Crippen molar-refractivity contribution in [1.82, 2.24) is 15.4 Å². The van der Waals surface area contributed by atoms with Crippen molar-refractivity contribution in [3.05, 3.63) is 41.4 Å². The van der Waals surface area contributed by atoms with Gasteiger partial charge in [-0.2, -0.15) is 0 Å². The lowest BCUT2D eigenvalue weighted by atomic mass is 10.3. The Kier molecular flexibility index (Phi) is 3.20. The molecule has 0 bridgehead atoms. The van der Waals surface area contributed by atoms with Crippen LogP contribution in [-0.4, -0.2) is 10.2 Å². The fraction of sp³-hybridized carbons (Fsp3) is 0. The Labute approximate surface area is 99.0 Å². The highest BCUT2D eigenvalue weighted by Gasteiger charge is 2.14. The van der Waals surface area contributed by atoms with E-state index in [0.29, 0.717) is 10.7 Å². The van der Waals surface area contributed by atoms with Gasteiger partial charge in [-0.3, -0.25) is 0 Å². The second-order valence-electron chi connectivity index (χ2n) is 2.87. The predicted molar refractivity (Wildman–Crippen MR) is 67.7 cm³/mol. The number of nitrogens with one attached hydrogen (secondary N) is 2. The van der Waals surface area contributed by atoms with Crippen LogP contribution in [-0.2, 0) is 0 Å². The summed E-state index contributed by atoms with van der Waals surface area (Å²) in [5.74, 6) is 0.645. The third-order valence-corrected chi connectivity index (χ3v) is 2.42. The maximum Gasteiger partial charge on any atom is 0.170 e. The number of benzene rings is 1. The van der Waals surface area contributed by atoms with E-state index in [1.54, 1.807) is 6.20 Å². The summed E-state index contributed by atoms with van der Waals surface area (Å²) in [6, 6.07) is 9.63. The Morgan fingerprint density at radius 3 is 2.60 bits per heavy atom. The van der Waals surface area contributed by atoms with E-state index in [1.807, 2.05) is 30.3 Å². The van der Waals surface area contributed by atoms with Crippen LogP contribution in [0.15, 0.2) is 46.4 Å². The van der Waals surface area contributed by atoms with Crippen molar-refractivity contribution in [3.8, 4) is 0 Å². The Morgan fingerprint density at radius 1 is 1.20 bits per heavy atom. The highest BCUT2D eigenvalue weighted by atomic mass is 32.1. The van der Waals surface area contributed by atoms with Crippen LogP contribution in [0.25, 0.3) is 0 Å². The molecule has 1 aliphatic rings. The lowest BCUT2D eigenvalue weighted by molar-refractivity contribution is 0.435. The summed E-state index contributed by atoms with van der Waals surface area (Å²) in [5.41, 5.74) is 6.41. The van der Waals surface area contributed by atoms with Gasteiger partial charge in [-0.15, -0.1) is 18.2 Å². The van der Waals surface area contributed by atoms with Crippen LogP contribution in [0, 0.1) is 0 Å². The van der Waals surface area contributed by atoms with E-state index in [-0.39, 0.29) is 0 Å². The number of rotatable bonds is 1. The molecule has 1 aliphatic heterocycles. The highest BCUT2D eigenvalue weighted by Crippen LogP contribution is 2.17. The molecule has 1 aromatic rings. The second kappa shape index (κ2) is 4.61. The Morgan fingerprint density at radius 2 is 1.93 bits per heavy atom. The summed E-state index contributed by atoms with van der Waals surface area (Å²) in [4.78, 5) is 5.11. The van der Waals surface area contributed by atoms with Gasteiger partial charge in [0.15, 0.2) is 5.84 Å². The van der Waals surface area contributed by atoms with Crippen LogP contribution in [0.1, 0.15) is 0 Å². The number of hydrazine groups is 2. The number of hydrogen-bond donors (Lipinski definition) is 4. The van der Waals surface area contributed by atoms with Crippen molar-refractivity contribution < 1.29 is 0 Å². The van der Waals surface area contributed by atoms with Crippen molar-refractivity contribution in [2.24, 2.45) is 4.99 Å². The molecule has 0 radical (unpaired) electrons. The molecule has 4 nitrogen and oxygen atoms in total. The van der Waals surface area contributed by atoms with E-state index in [4.69, 9.17) is 0 Å². The molecule has 0 atom stereocenters. The number of para-hydroxylation sites is 1. The van der Waals surface area contributed by atoms with E-state index in [1.165, 1.54) is 4.41 Å². The van der Waals surface area contributed by atoms with Gasteiger partial charge in [0.1, 0.15) is 0 Å². The zero-order valence-corrected chi connectivity index (χ0v) is 9.54. The molecule has 6 heteroatoms. The molecule has 0 saturated heterocycles. The molecule has 78 valence electrons. The van der Waals surface area contributed by atoms with Gasteiger partial charge in [-0.1, -0.05) is 18.2 Å². The first-order chi connectivity index (χ1) is 7.27. The highest BCUT2D eigenvalue weighted by molar-refractivity contribution is 7.86. The summed E-state index contributed by atoms with van der Waals surface area (Å²) in [7, 11) is 0. The first-order valence-electron chi connectivity index (χ1n) is 4.31. The van der Waals surface area contributed by atoms with Gasteiger partial charge in [0.05, 0.1) is 10.6 Å². The van der Waals surface area contributed by atoms with Crippen LogP contribution < -0.4 is 11.0 Å². The van der Waals surface area contributed by atoms with E-state index in [0.717, 1.165) is 5.69 Å². The van der Waals surface area contributed by atoms with Crippen molar-refractivity contribution in [2.75, 3.05) is 0 Å². The van der Waals surface area contributed by atoms with Crippen molar-refractivity contribution in [2.45, 2.75) is 0 Å². The Bertz CT molecular complexity index is 402. The predicted octanol–water partition coefficient (Wildman–Crippen LogP) is 1.66. The molecule has 0 spiro atoms.